The number of aromatic nitrogens is 4. The van der Waals surface area contributed by atoms with E-state index < -0.39 is 0 Å². The van der Waals surface area contributed by atoms with Gasteiger partial charge in [0.1, 0.15) is 6.23 Å². The molecule has 2 aromatic heterocycles. The lowest BCUT2D eigenvalue weighted by Crippen LogP contribution is -2.11. The fourth-order valence-corrected chi connectivity index (χ4v) is 2.55. The first kappa shape index (κ1) is 12.2. The molecule has 102 valence electrons. The van der Waals surface area contributed by atoms with Crippen LogP contribution in [-0.4, -0.2) is 30.7 Å². The molecule has 1 saturated heterocycles. The van der Waals surface area contributed by atoms with Crippen molar-refractivity contribution in [3.8, 4) is 5.88 Å². The first-order valence-corrected chi connectivity index (χ1v) is 6.53. The van der Waals surface area contributed by atoms with Gasteiger partial charge in [-0.3, -0.25) is 4.57 Å². The number of hydrogen-bond donors (Lipinski definition) is 2. The first-order chi connectivity index (χ1) is 9.19. The number of aromatic hydroxyl groups is 1. The predicted molar refractivity (Wildman–Crippen MR) is 69.5 cm³/mol. The van der Waals surface area contributed by atoms with E-state index in [1.807, 2.05) is 4.57 Å². The third-order valence-electron chi connectivity index (χ3n) is 3.43. The van der Waals surface area contributed by atoms with E-state index in [0.717, 1.165) is 25.7 Å². The second kappa shape index (κ2) is 4.65. The standard InChI is InChI=1S/C12H17N5O2/c1-2-3-7-4-5-8(19-7)17-6-14-9-10(17)15-12(13)16-11(9)18/h6-8H,2-5H2,1H3,(H3,13,15,16,18). The summed E-state index contributed by atoms with van der Waals surface area (Å²) in [6.07, 6.45) is 5.95. The summed E-state index contributed by atoms with van der Waals surface area (Å²) in [7, 11) is 0. The van der Waals surface area contributed by atoms with E-state index in [2.05, 4.69) is 21.9 Å². The summed E-state index contributed by atoms with van der Waals surface area (Å²) in [5.74, 6) is -0.154. The molecule has 0 spiro atoms. The number of nitrogens with zero attached hydrogens (tertiary/aromatic N) is 4. The predicted octanol–water partition coefficient (Wildman–Crippen LogP) is 1.59. The minimum Gasteiger partial charge on any atom is -0.492 e. The Morgan fingerprint density at radius 1 is 1.47 bits per heavy atom. The highest BCUT2D eigenvalue weighted by atomic mass is 16.5. The van der Waals surface area contributed by atoms with Crippen molar-refractivity contribution < 1.29 is 9.84 Å². The van der Waals surface area contributed by atoms with Crippen molar-refractivity contribution >= 4 is 17.1 Å². The second-order valence-corrected chi connectivity index (χ2v) is 4.81. The normalized spacial score (nSPS) is 23.2. The van der Waals surface area contributed by atoms with E-state index in [-0.39, 0.29) is 18.1 Å². The molecule has 0 saturated carbocycles. The van der Waals surface area contributed by atoms with Gasteiger partial charge in [-0.05, 0) is 19.3 Å². The number of hydrogen-bond acceptors (Lipinski definition) is 6. The Hall–Kier alpha value is -1.89. The van der Waals surface area contributed by atoms with Gasteiger partial charge in [0, 0.05) is 0 Å². The Kier molecular flexibility index (Phi) is 2.98. The van der Waals surface area contributed by atoms with Gasteiger partial charge in [0.05, 0.1) is 12.4 Å². The summed E-state index contributed by atoms with van der Waals surface area (Å²) < 4.78 is 7.80. The molecule has 19 heavy (non-hydrogen) atoms. The lowest BCUT2D eigenvalue weighted by molar-refractivity contribution is 0.000468. The highest BCUT2D eigenvalue weighted by molar-refractivity contribution is 5.77. The number of imidazole rings is 1. The molecule has 0 aromatic carbocycles. The molecule has 0 radical (unpaired) electrons. The van der Waals surface area contributed by atoms with Crippen LogP contribution in [0.2, 0.25) is 0 Å². The lowest BCUT2D eigenvalue weighted by atomic mass is 10.1. The molecule has 1 fully saturated rings. The number of ether oxygens (including phenoxy) is 1. The smallest absolute Gasteiger partial charge is 0.244 e. The fourth-order valence-electron chi connectivity index (χ4n) is 2.55. The van der Waals surface area contributed by atoms with Gasteiger partial charge in [0.2, 0.25) is 11.8 Å². The summed E-state index contributed by atoms with van der Waals surface area (Å²) in [5.41, 5.74) is 6.44. The van der Waals surface area contributed by atoms with Gasteiger partial charge in [0.15, 0.2) is 11.2 Å². The van der Waals surface area contributed by atoms with Gasteiger partial charge in [-0.2, -0.15) is 9.97 Å². The highest BCUT2D eigenvalue weighted by Gasteiger charge is 2.27. The quantitative estimate of drug-likeness (QED) is 0.872. The fraction of sp³-hybridized carbons (Fsp3) is 0.583. The van der Waals surface area contributed by atoms with Crippen molar-refractivity contribution in [3.63, 3.8) is 0 Å². The van der Waals surface area contributed by atoms with Crippen LogP contribution >= 0.6 is 0 Å². The van der Waals surface area contributed by atoms with Crippen molar-refractivity contribution in [1.29, 1.82) is 0 Å². The van der Waals surface area contributed by atoms with Crippen molar-refractivity contribution in [1.82, 2.24) is 19.5 Å². The molecule has 3 N–H and O–H groups in total. The topological polar surface area (TPSA) is 99.1 Å². The largest absolute Gasteiger partial charge is 0.492 e. The summed E-state index contributed by atoms with van der Waals surface area (Å²) in [5, 5.41) is 9.70. The molecular weight excluding hydrogens is 246 g/mol. The maximum Gasteiger partial charge on any atom is 0.244 e. The van der Waals surface area contributed by atoms with Crippen molar-refractivity contribution in [2.45, 2.75) is 44.9 Å². The summed E-state index contributed by atoms with van der Waals surface area (Å²) in [6, 6.07) is 0. The Morgan fingerprint density at radius 2 is 2.32 bits per heavy atom. The molecule has 0 amide bonds. The summed E-state index contributed by atoms with van der Waals surface area (Å²) >= 11 is 0. The monoisotopic (exact) mass is 263 g/mol. The molecule has 3 rings (SSSR count). The number of rotatable bonds is 3. The van der Waals surface area contributed by atoms with Crippen LogP contribution in [0, 0.1) is 0 Å². The van der Waals surface area contributed by atoms with Gasteiger partial charge >= 0.3 is 0 Å². The van der Waals surface area contributed by atoms with Crippen LogP contribution in [-0.2, 0) is 4.74 Å². The molecular formula is C12H17N5O2. The van der Waals surface area contributed by atoms with Gasteiger partial charge in [-0.25, -0.2) is 4.98 Å². The third kappa shape index (κ3) is 2.10. The average molecular weight is 263 g/mol. The van der Waals surface area contributed by atoms with Crippen LogP contribution in [0.15, 0.2) is 6.33 Å². The number of nitrogen functional groups attached to an aromatic ring is 1. The molecule has 7 nitrogen and oxygen atoms in total. The number of anilines is 1. The van der Waals surface area contributed by atoms with Gasteiger partial charge in [0.25, 0.3) is 0 Å². The van der Waals surface area contributed by atoms with Crippen molar-refractivity contribution in [2.75, 3.05) is 5.73 Å². The Labute approximate surface area is 110 Å². The average Bonchev–Trinajstić information content (AvgIpc) is 2.95. The molecule has 1 aliphatic heterocycles. The van der Waals surface area contributed by atoms with E-state index in [1.165, 1.54) is 0 Å². The molecule has 2 atom stereocenters. The SMILES string of the molecule is CCCC1CCC(n2cnc3c(O)nc(N)nc32)O1. The number of nitrogens with two attached hydrogens (primary N) is 1. The highest BCUT2D eigenvalue weighted by Crippen LogP contribution is 2.33. The maximum atomic E-state index is 9.70. The zero-order valence-electron chi connectivity index (χ0n) is 10.8. The Bertz CT molecular complexity index is 597. The molecule has 2 unspecified atom stereocenters. The number of fused-ring (bicyclic) bond motifs is 1. The van der Waals surface area contributed by atoms with Crippen LogP contribution in [0.25, 0.3) is 11.2 Å². The van der Waals surface area contributed by atoms with Crippen LogP contribution in [0.1, 0.15) is 38.8 Å². The van der Waals surface area contributed by atoms with E-state index in [4.69, 9.17) is 10.5 Å². The summed E-state index contributed by atoms with van der Waals surface area (Å²) in [4.78, 5) is 12.0. The molecule has 2 aromatic rings. The Balaban J connectivity index is 1.94. The first-order valence-electron chi connectivity index (χ1n) is 6.53. The van der Waals surface area contributed by atoms with E-state index >= 15 is 0 Å². The van der Waals surface area contributed by atoms with E-state index in [0.29, 0.717) is 17.3 Å². The molecule has 3 heterocycles. The minimum absolute atomic E-state index is 0.0369. The van der Waals surface area contributed by atoms with Crippen LogP contribution in [0.4, 0.5) is 5.95 Å². The van der Waals surface area contributed by atoms with Crippen LogP contribution < -0.4 is 5.73 Å². The molecule has 7 heteroatoms. The van der Waals surface area contributed by atoms with E-state index in [9.17, 15) is 5.11 Å². The Morgan fingerprint density at radius 3 is 3.11 bits per heavy atom. The van der Waals surface area contributed by atoms with Crippen LogP contribution in [0.5, 0.6) is 5.88 Å². The van der Waals surface area contributed by atoms with E-state index in [1.54, 1.807) is 6.33 Å². The van der Waals surface area contributed by atoms with Gasteiger partial charge in [-0.1, -0.05) is 13.3 Å². The van der Waals surface area contributed by atoms with Gasteiger partial charge < -0.3 is 15.6 Å². The second-order valence-electron chi connectivity index (χ2n) is 4.81. The zero-order chi connectivity index (χ0) is 13.4. The van der Waals surface area contributed by atoms with Crippen molar-refractivity contribution in [2.24, 2.45) is 0 Å². The summed E-state index contributed by atoms with van der Waals surface area (Å²) in [6.45, 7) is 2.15. The molecule has 1 aliphatic rings. The maximum absolute atomic E-state index is 9.70. The van der Waals surface area contributed by atoms with Gasteiger partial charge in [-0.15, -0.1) is 0 Å². The third-order valence-corrected chi connectivity index (χ3v) is 3.43. The minimum atomic E-state index is -0.190. The zero-order valence-corrected chi connectivity index (χ0v) is 10.8. The molecule has 0 bridgehead atoms. The molecule has 0 aliphatic carbocycles. The lowest BCUT2D eigenvalue weighted by Gasteiger charge is -2.14. The van der Waals surface area contributed by atoms with Crippen LogP contribution in [0.3, 0.4) is 0 Å². The van der Waals surface area contributed by atoms with Crippen molar-refractivity contribution in [3.05, 3.63) is 6.33 Å².